The van der Waals surface area contributed by atoms with E-state index in [4.69, 9.17) is 9.05 Å². The molecule has 0 saturated heterocycles. The predicted molar refractivity (Wildman–Crippen MR) is 295 cm³/mol. The quantitative estimate of drug-likeness (QED) is 0.0243. The number of nitrogens with one attached hydrogen (secondary N) is 1. The summed E-state index contributed by atoms with van der Waals surface area (Å²) in [5, 5.41) is 14.1. The molecule has 0 aromatic heterocycles. The molecule has 404 valence electrons. The first-order valence-electron chi connectivity index (χ1n) is 29.7. The molecule has 0 aromatic rings. The number of hydrogen-bond donors (Lipinski definition) is 3. The fourth-order valence-corrected chi connectivity index (χ4v) is 9.76. The van der Waals surface area contributed by atoms with E-state index in [0.29, 0.717) is 23.9 Å². The Morgan fingerprint density at radius 2 is 0.838 bits per heavy atom. The predicted octanol–water partition coefficient (Wildman–Crippen LogP) is 18.0. The Morgan fingerprint density at radius 3 is 1.22 bits per heavy atom. The molecule has 0 heterocycles. The van der Waals surface area contributed by atoms with Crippen molar-refractivity contribution in [2.75, 3.05) is 40.9 Å². The van der Waals surface area contributed by atoms with Crippen molar-refractivity contribution in [1.82, 2.24) is 5.32 Å². The summed E-state index contributed by atoms with van der Waals surface area (Å²) < 4.78 is 23.8. The van der Waals surface area contributed by atoms with Crippen molar-refractivity contribution in [3.63, 3.8) is 0 Å². The van der Waals surface area contributed by atoms with Gasteiger partial charge in [0.1, 0.15) is 13.2 Å². The Balaban J connectivity index is 4.10. The van der Waals surface area contributed by atoms with Crippen LogP contribution in [0.5, 0.6) is 0 Å². The number of rotatable bonds is 55. The summed E-state index contributed by atoms with van der Waals surface area (Å²) in [6.07, 6.45) is 63.8. The lowest BCUT2D eigenvalue weighted by Gasteiger charge is -2.26. The van der Waals surface area contributed by atoms with Gasteiger partial charge in [0.25, 0.3) is 0 Å². The SMILES string of the molecule is CCCCCC/C=C\C/C=C\CCCCCCCCCC(=O)NC(COP(=O)(O)OCC[N+](C)(C)C)C(O)CCCCCCCCCCCCCCCCCCCCCCCCCCCCCC. The van der Waals surface area contributed by atoms with E-state index < -0.39 is 20.0 Å². The molecular weight excluding hydrogens is 864 g/mol. The third-order valence-electron chi connectivity index (χ3n) is 13.7. The zero-order valence-electron chi connectivity index (χ0n) is 46.1. The Morgan fingerprint density at radius 1 is 0.500 bits per heavy atom. The first-order valence-corrected chi connectivity index (χ1v) is 31.2. The Hall–Kier alpha value is -1.02. The average Bonchev–Trinajstić information content (AvgIpc) is 3.30. The molecule has 3 atom stereocenters. The van der Waals surface area contributed by atoms with E-state index in [9.17, 15) is 19.4 Å². The molecule has 0 radical (unpaired) electrons. The van der Waals surface area contributed by atoms with Gasteiger partial charge >= 0.3 is 7.82 Å². The number of quaternary nitrogens is 1. The van der Waals surface area contributed by atoms with E-state index in [0.717, 1.165) is 51.4 Å². The number of phosphoric ester groups is 1. The zero-order chi connectivity index (χ0) is 49.9. The minimum Gasteiger partial charge on any atom is -0.391 e. The minimum absolute atomic E-state index is 0.0741. The molecule has 68 heavy (non-hydrogen) atoms. The molecule has 3 N–H and O–H groups in total. The highest BCUT2D eigenvalue weighted by Gasteiger charge is 2.28. The fourth-order valence-electron chi connectivity index (χ4n) is 9.02. The van der Waals surface area contributed by atoms with E-state index in [1.165, 1.54) is 218 Å². The smallest absolute Gasteiger partial charge is 0.391 e. The second-order valence-corrected chi connectivity index (χ2v) is 23.2. The normalized spacial score (nSPS) is 14.0. The fraction of sp³-hybridized carbons (Fsp3) is 0.915. The largest absolute Gasteiger partial charge is 0.472 e. The number of aliphatic hydroxyl groups is 1. The lowest BCUT2D eigenvalue weighted by molar-refractivity contribution is -0.870. The summed E-state index contributed by atoms with van der Waals surface area (Å²) in [6.45, 7) is 4.90. The highest BCUT2D eigenvalue weighted by molar-refractivity contribution is 7.47. The number of carbonyl (C=O) groups is 1. The van der Waals surface area contributed by atoms with E-state index >= 15 is 0 Å². The summed E-state index contributed by atoms with van der Waals surface area (Å²) in [6, 6.07) is -0.764. The van der Waals surface area contributed by atoms with Gasteiger partial charge in [-0.25, -0.2) is 4.57 Å². The van der Waals surface area contributed by atoms with Gasteiger partial charge in [-0.3, -0.25) is 13.8 Å². The van der Waals surface area contributed by atoms with Gasteiger partial charge < -0.3 is 19.8 Å². The summed E-state index contributed by atoms with van der Waals surface area (Å²) in [5.74, 6) is -0.148. The van der Waals surface area contributed by atoms with Crippen molar-refractivity contribution in [1.29, 1.82) is 0 Å². The lowest BCUT2D eigenvalue weighted by Crippen LogP contribution is -2.46. The summed E-state index contributed by atoms with van der Waals surface area (Å²) in [5.41, 5.74) is 0. The topological polar surface area (TPSA) is 105 Å². The Labute approximate surface area is 424 Å². The van der Waals surface area contributed by atoms with Gasteiger partial charge in [-0.2, -0.15) is 0 Å². The van der Waals surface area contributed by atoms with E-state index in [2.05, 4.69) is 43.5 Å². The van der Waals surface area contributed by atoms with Crippen LogP contribution in [0.25, 0.3) is 0 Å². The van der Waals surface area contributed by atoms with Crippen LogP contribution in [-0.4, -0.2) is 73.4 Å². The van der Waals surface area contributed by atoms with Crippen molar-refractivity contribution in [2.45, 2.75) is 309 Å². The van der Waals surface area contributed by atoms with Gasteiger partial charge in [0, 0.05) is 6.42 Å². The minimum atomic E-state index is -4.32. The van der Waals surface area contributed by atoms with Crippen molar-refractivity contribution < 1.29 is 32.9 Å². The molecule has 0 fully saturated rings. The van der Waals surface area contributed by atoms with Crippen molar-refractivity contribution >= 4 is 13.7 Å². The molecular formula is C59H118N2O6P+. The highest BCUT2D eigenvalue weighted by atomic mass is 31.2. The lowest BCUT2D eigenvalue weighted by atomic mass is 10.0. The van der Waals surface area contributed by atoms with Crippen LogP contribution >= 0.6 is 7.82 Å². The van der Waals surface area contributed by atoms with Gasteiger partial charge in [0.2, 0.25) is 5.91 Å². The van der Waals surface area contributed by atoms with E-state index in [-0.39, 0.29) is 19.1 Å². The number of aliphatic hydroxyl groups excluding tert-OH is 1. The first kappa shape index (κ1) is 67.0. The van der Waals surface area contributed by atoms with Crippen molar-refractivity contribution in [2.24, 2.45) is 0 Å². The van der Waals surface area contributed by atoms with Crippen LogP contribution in [0.1, 0.15) is 296 Å². The monoisotopic (exact) mass is 982 g/mol. The molecule has 0 spiro atoms. The van der Waals surface area contributed by atoms with Crippen LogP contribution in [0, 0.1) is 0 Å². The number of hydrogen-bond acceptors (Lipinski definition) is 5. The van der Waals surface area contributed by atoms with Crippen LogP contribution in [0.4, 0.5) is 0 Å². The summed E-state index contributed by atoms with van der Waals surface area (Å²) in [4.78, 5) is 23.3. The highest BCUT2D eigenvalue weighted by Crippen LogP contribution is 2.43. The number of likely N-dealkylation sites (N-methyl/N-ethyl adjacent to an activating group) is 1. The third-order valence-corrected chi connectivity index (χ3v) is 14.7. The standard InChI is InChI=1S/C59H117N2O6P/c1-6-8-10-12-14-16-18-20-22-24-26-27-28-29-30-31-32-33-34-35-36-38-40-42-44-46-48-50-52-58(62)57(56-67-68(64,65)66-55-54-61(3,4)5)60-59(63)53-51-49-47-45-43-41-39-37-25-23-21-19-17-15-13-11-9-7-2/h17,19,23,25,57-58,62H,6-16,18,20-22,24,26-56H2,1-5H3,(H-,60,63,64,65)/p+1/b19-17-,25-23-. The molecule has 8 nitrogen and oxygen atoms in total. The number of phosphoric acid groups is 1. The zero-order valence-corrected chi connectivity index (χ0v) is 47.0. The number of nitrogens with zero attached hydrogens (tertiary/aromatic N) is 1. The molecule has 0 saturated carbocycles. The number of amides is 1. The van der Waals surface area contributed by atoms with Crippen molar-refractivity contribution in [3.05, 3.63) is 24.3 Å². The van der Waals surface area contributed by atoms with E-state index in [1.807, 2.05) is 21.1 Å². The van der Waals surface area contributed by atoms with Gasteiger partial charge in [0.05, 0.1) is 39.9 Å². The van der Waals surface area contributed by atoms with Crippen molar-refractivity contribution in [3.8, 4) is 0 Å². The first-order chi connectivity index (χ1) is 33.0. The number of allylic oxidation sites excluding steroid dienone is 4. The molecule has 3 unspecified atom stereocenters. The summed E-state index contributed by atoms with van der Waals surface area (Å²) in [7, 11) is 1.62. The third kappa shape index (κ3) is 52.8. The maximum absolute atomic E-state index is 13.0. The maximum atomic E-state index is 13.0. The van der Waals surface area contributed by atoms with Crippen LogP contribution < -0.4 is 5.32 Å². The summed E-state index contributed by atoms with van der Waals surface area (Å²) >= 11 is 0. The van der Waals surface area contributed by atoms with Gasteiger partial charge in [0.15, 0.2) is 0 Å². The van der Waals surface area contributed by atoms with Gasteiger partial charge in [-0.1, -0.05) is 269 Å². The molecule has 0 bridgehead atoms. The van der Waals surface area contributed by atoms with Crippen LogP contribution in [0.3, 0.4) is 0 Å². The van der Waals surface area contributed by atoms with Crippen LogP contribution in [0.15, 0.2) is 24.3 Å². The Bertz CT molecular complexity index is 1160. The molecule has 9 heteroatoms. The molecule has 0 aliphatic heterocycles. The second kappa shape index (κ2) is 50.9. The van der Waals surface area contributed by atoms with Crippen LogP contribution in [0.2, 0.25) is 0 Å². The molecule has 1 amide bonds. The molecule has 0 aliphatic rings. The second-order valence-electron chi connectivity index (χ2n) is 21.7. The Kier molecular flexibility index (Phi) is 50.1. The maximum Gasteiger partial charge on any atom is 0.472 e. The van der Waals surface area contributed by atoms with Gasteiger partial charge in [-0.05, 0) is 44.9 Å². The van der Waals surface area contributed by atoms with Gasteiger partial charge in [-0.15, -0.1) is 0 Å². The number of unbranched alkanes of at least 4 members (excludes halogenated alkanes) is 38. The van der Waals surface area contributed by atoms with E-state index in [1.54, 1.807) is 0 Å². The molecule has 0 aromatic carbocycles. The molecule has 0 aliphatic carbocycles. The number of carbonyl (C=O) groups excluding carboxylic acids is 1. The van der Waals surface area contributed by atoms with Crippen LogP contribution in [-0.2, 0) is 18.4 Å². The average molecular weight is 983 g/mol. The molecule has 0 rings (SSSR count).